The van der Waals surface area contributed by atoms with Gasteiger partial charge in [0.1, 0.15) is 19.0 Å². The number of amides is 1. The van der Waals surface area contributed by atoms with Gasteiger partial charge in [-0.1, -0.05) is 6.07 Å². The van der Waals surface area contributed by atoms with E-state index < -0.39 is 0 Å². The molecule has 0 bridgehead atoms. The molecule has 2 aliphatic rings. The molecule has 0 unspecified atom stereocenters. The van der Waals surface area contributed by atoms with Crippen molar-refractivity contribution >= 4 is 5.91 Å². The number of hydrogen-bond acceptors (Lipinski definition) is 4. The minimum Gasteiger partial charge on any atom is -0.486 e. The molecule has 0 spiro atoms. The molecule has 1 aliphatic carbocycles. The van der Waals surface area contributed by atoms with Gasteiger partial charge in [0.25, 0.3) is 0 Å². The number of carbonyl (C=O) groups excluding carboxylic acids is 1. The fraction of sp³-hybridized carbons (Fsp3) is 0.389. The molecule has 1 N–H and O–H groups in total. The number of fused-ring (bicyclic) bond motifs is 1. The van der Waals surface area contributed by atoms with E-state index in [2.05, 4.69) is 5.32 Å². The lowest BCUT2D eigenvalue weighted by atomic mass is 10.1. The van der Waals surface area contributed by atoms with Gasteiger partial charge in [0.05, 0.1) is 6.26 Å². The Bertz CT molecular complexity index is 736. The van der Waals surface area contributed by atoms with E-state index in [9.17, 15) is 4.79 Å². The van der Waals surface area contributed by atoms with E-state index in [1.54, 1.807) is 6.26 Å². The Kier molecular flexibility index (Phi) is 3.48. The highest BCUT2D eigenvalue weighted by Crippen LogP contribution is 2.49. The quantitative estimate of drug-likeness (QED) is 0.943. The van der Waals surface area contributed by atoms with Gasteiger partial charge in [0.2, 0.25) is 5.91 Å². The molecule has 2 aromatic rings. The lowest BCUT2D eigenvalue weighted by molar-refractivity contribution is -0.122. The summed E-state index contributed by atoms with van der Waals surface area (Å²) < 4.78 is 16.4. The van der Waals surface area contributed by atoms with Crippen LogP contribution in [0.5, 0.6) is 11.5 Å². The third-order valence-corrected chi connectivity index (χ3v) is 4.54. The summed E-state index contributed by atoms with van der Waals surface area (Å²) >= 11 is 0. The Hall–Kier alpha value is -2.43. The lowest BCUT2D eigenvalue weighted by Gasteiger charge is -2.18. The largest absolute Gasteiger partial charge is 0.486 e. The van der Waals surface area contributed by atoms with E-state index in [1.807, 2.05) is 31.2 Å². The van der Waals surface area contributed by atoms with Crippen molar-refractivity contribution in [3.63, 3.8) is 0 Å². The molecule has 1 fully saturated rings. The molecule has 5 heteroatoms. The minimum absolute atomic E-state index is 0.0461. The highest BCUT2D eigenvalue weighted by atomic mass is 16.6. The predicted octanol–water partition coefficient (Wildman–Crippen LogP) is 2.78. The van der Waals surface area contributed by atoms with Crippen LogP contribution in [0.3, 0.4) is 0 Å². The zero-order valence-electron chi connectivity index (χ0n) is 13.0. The van der Waals surface area contributed by atoms with Gasteiger partial charge in [-0.15, -0.1) is 0 Å². The number of ether oxygens (including phenoxy) is 2. The standard InChI is InChI=1S/C18H19NO4/c1-11-13(4-5-21-11)10-19-18(20)15-9-14(15)12-2-3-16-17(8-12)23-7-6-22-16/h2-5,8,14-15H,6-7,9-10H2,1H3,(H,19,20)/t14-,15+/m1/s1. The Labute approximate surface area is 134 Å². The molecule has 0 saturated heterocycles. The van der Waals surface area contributed by atoms with Gasteiger partial charge in [-0.3, -0.25) is 4.79 Å². The molecule has 2 atom stereocenters. The first-order chi connectivity index (χ1) is 11.2. The minimum atomic E-state index is 0.0461. The lowest BCUT2D eigenvalue weighted by Crippen LogP contribution is -2.25. The normalized spacial score (nSPS) is 21.8. The van der Waals surface area contributed by atoms with Crippen LogP contribution in [0.15, 0.2) is 34.9 Å². The van der Waals surface area contributed by atoms with Crippen LogP contribution in [0.4, 0.5) is 0 Å². The molecule has 2 heterocycles. The van der Waals surface area contributed by atoms with Crippen LogP contribution in [0, 0.1) is 12.8 Å². The Morgan fingerprint density at radius 2 is 2.04 bits per heavy atom. The third-order valence-electron chi connectivity index (χ3n) is 4.54. The van der Waals surface area contributed by atoms with Gasteiger partial charge in [-0.05, 0) is 43.0 Å². The van der Waals surface area contributed by atoms with Crippen LogP contribution in [0.2, 0.25) is 0 Å². The maximum atomic E-state index is 12.3. The van der Waals surface area contributed by atoms with E-state index in [1.165, 1.54) is 0 Å². The molecule has 1 aromatic heterocycles. The molecule has 4 rings (SSSR count). The number of nitrogens with one attached hydrogen (secondary N) is 1. The van der Waals surface area contributed by atoms with Gasteiger partial charge in [0, 0.05) is 18.0 Å². The highest BCUT2D eigenvalue weighted by Gasteiger charge is 2.44. The third kappa shape index (κ3) is 2.79. The Morgan fingerprint density at radius 1 is 1.22 bits per heavy atom. The van der Waals surface area contributed by atoms with Crippen molar-refractivity contribution in [2.75, 3.05) is 13.2 Å². The van der Waals surface area contributed by atoms with E-state index in [0.29, 0.717) is 19.8 Å². The van der Waals surface area contributed by atoms with Gasteiger partial charge < -0.3 is 19.2 Å². The Balaban J connectivity index is 1.38. The predicted molar refractivity (Wildman–Crippen MR) is 83.6 cm³/mol. The summed E-state index contributed by atoms with van der Waals surface area (Å²) in [5.74, 6) is 2.85. The van der Waals surface area contributed by atoms with Gasteiger partial charge >= 0.3 is 0 Å². The molecular formula is C18H19NO4. The zero-order chi connectivity index (χ0) is 15.8. The number of aryl methyl sites for hydroxylation is 1. The number of carbonyl (C=O) groups is 1. The SMILES string of the molecule is Cc1occc1CNC(=O)[C@H]1C[C@@H]1c1ccc2c(c1)OCCO2. The zero-order valence-corrected chi connectivity index (χ0v) is 13.0. The van der Waals surface area contributed by atoms with E-state index >= 15 is 0 Å². The fourth-order valence-corrected chi connectivity index (χ4v) is 3.05. The number of benzene rings is 1. The average Bonchev–Trinajstić information content (AvgIpc) is 3.28. The number of rotatable bonds is 4. The summed E-state index contributed by atoms with van der Waals surface area (Å²) in [5, 5.41) is 3.00. The van der Waals surface area contributed by atoms with E-state index in [4.69, 9.17) is 13.9 Å². The van der Waals surface area contributed by atoms with Gasteiger partial charge in [-0.25, -0.2) is 0 Å². The second kappa shape index (κ2) is 5.65. The van der Waals surface area contributed by atoms with Gasteiger partial charge in [-0.2, -0.15) is 0 Å². The topological polar surface area (TPSA) is 60.7 Å². The van der Waals surface area contributed by atoms with Gasteiger partial charge in [0.15, 0.2) is 11.5 Å². The van der Waals surface area contributed by atoms with Crippen molar-refractivity contribution in [3.05, 3.63) is 47.4 Å². The maximum absolute atomic E-state index is 12.3. The van der Waals surface area contributed by atoms with Crippen LogP contribution in [-0.4, -0.2) is 19.1 Å². The average molecular weight is 313 g/mol. The van der Waals surface area contributed by atoms with Crippen LogP contribution < -0.4 is 14.8 Å². The van der Waals surface area contributed by atoms with Crippen molar-refractivity contribution in [1.29, 1.82) is 0 Å². The highest BCUT2D eigenvalue weighted by molar-refractivity contribution is 5.83. The molecule has 1 saturated carbocycles. The monoisotopic (exact) mass is 313 g/mol. The maximum Gasteiger partial charge on any atom is 0.224 e. The summed E-state index contributed by atoms with van der Waals surface area (Å²) in [4.78, 5) is 12.3. The van der Waals surface area contributed by atoms with Crippen LogP contribution in [0.1, 0.15) is 29.2 Å². The second-order valence-corrected chi connectivity index (χ2v) is 6.07. The van der Waals surface area contributed by atoms with Crippen molar-refractivity contribution in [2.45, 2.75) is 25.8 Å². The molecule has 5 nitrogen and oxygen atoms in total. The first kappa shape index (κ1) is 14.2. The van der Waals surface area contributed by atoms with Crippen molar-refractivity contribution in [1.82, 2.24) is 5.32 Å². The van der Waals surface area contributed by atoms with Crippen molar-refractivity contribution < 1.29 is 18.7 Å². The second-order valence-electron chi connectivity index (χ2n) is 6.07. The molecule has 1 amide bonds. The van der Waals surface area contributed by atoms with E-state index in [-0.39, 0.29) is 17.7 Å². The molecular weight excluding hydrogens is 294 g/mol. The van der Waals surface area contributed by atoms with Crippen LogP contribution in [0.25, 0.3) is 0 Å². The molecule has 1 aliphatic heterocycles. The van der Waals surface area contributed by atoms with Crippen LogP contribution in [-0.2, 0) is 11.3 Å². The van der Waals surface area contributed by atoms with E-state index in [0.717, 1.165) is 34.8 Å². The summed E-state index contributed by atoms with van der Waals surface area (Å²) in [7, 11) is 0. The summed E-state index contributed by atoms with van der Waals surface area (Å²) in [6, 6.07) is 7.87. The Morgan fingerprint density at radius 3 is 2.83 bits per heavy atom. The van der Waals surface area contributed by atoms with Crippen molar-refractivity contribution in [3.8, 4) is 11.5 Å². The fourth-order valence-electron chi connectivity index (χ4n) is 3.05. The summed E-state index contributed by atoms with van der Waals surface area (Å²) in [5.41, 5.74) is 2.17. The van der Waals surface area contributed by atoms with Crippen molar-refractivity contribution in [2.24, 2.45) is 5.92 Å². The first-order valence-corrected chi connectivity index (χ1v) is 7.92. The summed E-state index contributed by atoms with van der Waals surface area (Å²) in [6.07, 6.45) is 2.53. The number of hydrogen-bond donors (Lipinski definition) is 1. The summed E-state index contributed by atoms with van der Waals surface area (Å²) in [6.45, 7) is 3.59. The molecule has 120 valence electrons. The molecule has 23 heavy (non-hydrogen) atoms. The molecule has 1 aromatic carbocycles. The molecule has 0 radical (unpaired) electrons. The first-order valence-electron chi connectivity index (χ1n) is 7.92. The van der Waals surface area contributed by atoms with Crippen LogP contribution >= 0.6 is 0 Å². The number of furan rings is 1. The smallest absolute Gasteiger partial charge is 0.224 e.